The smallest absolute Gasteiger partial charge is 0.378 e. The van der Waals surface area contributed by atoms with Gasteiger partial charge < -0.3 is 9.64 Å². The minimum atomic E-state index is -4.55. The third kappa shape index (κ3) is 5.67. The van der Waals surface area contributed by atoms with Crippen molar-refractivity contribution in [1.82, 2.24) is 19.7 Å². The van der Waals surface area contributed by atoms with E-state index in [1.165, 1.54) is 16.8 Å². The van der Waals surface area contributed by atoms with Crippen LogP contribution < -0.4 is 0 Å². The minimum absolute atomic E-state index is 0.261. The van der Waals surface area contributed by atoms with E-state index >= 15 is 0 Å². The lowest BCUT2D eigenvalue weighted by Crippen LogP contribution is -2.27. The highest BCUT2D eigenvalue weighted by Crippen LogP contribution is 2.36. The Morgan fingerprint density at radius 3 is 2.44 bits per heavy atom. The molecule has 0 atom stereocenters. The fourth-order valence-electron chi connectivity index (χ4n) is 2.46. The van der Waals surface area contributed by atoms with Gasteiger partial charge in [-0.15, -0.1) is 0 Å². The number of hydrogen-bond donors (Lipinski definition) is 0. The predicted octanol–water partition coefficient (Wildman–Crippen LogP) is 4.01. The molecule has 1 heterocycles. The monoisotopic (exact) mass is 404 g/mol. The van der Waals surface area contributed by atoms with Gasteiger partial charge in [-0.3, -0.25) is 0 Å². The first kappa shape index (κ1) is 21.7. The van der Waals surface area contributed by atoms with Crippen molar-refractivity contribution in [2.24, 2.45) is 0 Å². The number of rotatable bonds is 7. The molecule has 1 aromatic heterocycles. The van der Waals surface area contributed by atoms with Gasteiger partial charge in [0.15, 0.2) is 5.82 Å². The first-order valence-corrected chi connectivity index (χ1v) is 8.82. The minimum Gasteiger partial charge on any atom is -0.378 e. The van der Waals surface area contributed by atoms with Gasteiger partial charge in [-0.1, -0.05) is 11.6 Å². The van der Waals surface area contributed by atoms with Crippen molar-refractivity contribution in [2.45, 2.75) is 38.5 Å². The van der Waals surface area contributed by atoms with Gasteiger partial charge in [-0.25, -0.2) is 9.67 Å². The Labute approximate surface area is 162 Å². The second-order valence-electron chi connectivity index (χ2n) is 7.21. The molecule has 0 radical (unpaired) electrons. The van der Waals surface area contributed by atoms with Gasteiger partial charge in [0.25, 0.3) is 0 Å². The quantitative estimate of drug-likeness (QED) is 0.699. The molecule has 27 heavy (non-hydrogen) atoms. The maximum Gasteiger partial charge on any atom is 0.417 e. The van der Waals surface area contributed by atoms with Crippen LogP contribution in [0.15, 0.2) is 18.2 Å². The molecule has 2 aromatic rings. The number of nitrogens with zero attached hydrogens (tertiary/aromatic N) is 4. The summed E-state index contributed by atoms with van der Waals surface area (Å²) in [5.74, 6) is 1.10. The normalized spacial score (nSPS) is 12.8. The molecule has 0 aliphatic rings. The number of ether oxygens (including phenoxy) is 1. The highest BCUT2D eigenvalue weighted by molar-refractivity contribution is 6.31. The molecule has 0 bridgehead atoms. The SMILES string of the molecule is COC(C)(C)Cc1nc(CCN(C)C)nn1-c1ccc(Cl)c(C(F)(F)F)c1. The summed E-state index contributed by atoms with van der Waals surface area (Å²) in [7, 11) is 5.44. The zero-order chi connectivity index (χ0) is 20.4. The fourth-order valence-corrected chi connectivity index (χ4v) is 2.68. The molecule has 1 aromatic carbocycles. The molecule has 0 aliphatic carbocycles. The summed E-state index contributed by atoms with van der Waals surface area (Å²) in [4.78, 5) is 6.53. The molecule has 0 N–H and O–H groups in total. The van der Waals surface area contributed by atoms with E-state index in [0.29, 0.717) is 24.5 Å². The molecular weight excluding hydrogens is 381 g/mol. The highest BCUT2D eigenvalue weighted by Gasteiger charge is 2.34. The largest absolute Gasteiger partial charge is 0.417 e. The number of methoxy groups -OCH3 is 1. The van der Waals surface area contributed by atoms with Gasteiger partial charge in [0.05, 0.1) is 21.9 Å². The van der Waals surface area contributed by atoms with Crippen molar-refractivity contribution in [1.29, 1.82) is 0 Å². The molecule has 0 saturated heterocycles. The van der Waals surface area contributed by atoms with E-state index in [1.807, 2.05) is 32.8 Å². The molecule has 9 heteroatoms. The van der Waals surface area contributed by atoms with Crippen LogP contribution in [0.5, 0.6) is 0 Å². The van der Waals surface area contributed by atoms with Gasteiger partial charge in [-0.05, 0) is 46.1 Å². The molecule has 0 amide bonds. The van der Waals surface area contributed by atoms with Crippen molar-refractivity contribution in [3.8, 4) is 5.69 Å². The van der Waals surface area contributed by atoms with Crippen LogP contribution in [0.2, 0.25) is 5.02 Å². The van der Waals surface area contributed by atoms with Crippen LogP contribution in [0.25, 0.3) is 5.69 Å². The predicted molar refractivity (Wildman–Crippen MR) is 98.4 cm³/mol. The van der Waals surface area contributed by atoms with Crippen LogP contribution >= 0.6 is 11.6 Å². The number of aromatic nitrogens is 3. The summed E-state index contributed by atoms with van der Waals surface area (Å²) in [6.07, 6.45) is -3.57. The Balaban J connectivity index is 2.50. The van der Waals surface area contributed by atoms with Crippen LogP contribution in [0.4, 0.5) is 13.2 Å². The second-order valence-corrected chi connectivity index (χ2v) is 7.62. The van der Waals surface area contributed by atoms with Crippen molar-refractivity contribution in [3.05, 3.63) is 40.4 Å². The Morgan fingerprint density at radius 1 is 1.22 bits per heavy atom. The Morgan fingerprint density at radius 2 is 1.89 bits per heavy atom. The van der Waals surface area contributed by atoms with Crippen LogP contribution in [-0.4, -0.2) is 53.0 Å². The van der Waals surface area contributed by atoms with Crippen LogP contribution in [0.3, 0.4) is 0 Å². The Kier molecular flexibility index (Phi) is 6.55. The van der Waals surface area contributed by atoms with Gasteiger partial charge in [0.2, 0.25) is 0 Å². The molecule has 0 saturated carbocycles. The molecule has 0 spiro atoms. The topological polar surface area (TPSA) is 43.2 Å². The number of likely N-dealkylation sites (N-methyl/N-ethyl adjacent to an activating group) is 1. The number of halogens is 4. The Bertz CT molecular complexity index is 787. The van der Waals surface area contributed by atoms with E-state index in [-0.39, 0.29) is 10.7 Å². The molecule has 5 nitrogen and oxygen atoms in total. The maximum absolute atomic E-state index is 13.2. The third-order valence-corrected chi connectivity index (χ3v) is 4.47. The lowest BCUT2D eigenvalue weighted by molar-refractivity contribution is -0.137. The standard InChI is InChI=1S/C18H24ClF3N4O/c1-17(2,27-5)11-16-23-15(8-9-25(3)4)24-26(16)12-6-7-14(19)13(10-12)18(20,21)22/h6-7,10H,8-9,11H2,1-5H3. The lowest BCUT2D eigenvalue weighted by Gasteiger charge is -2.22. The lowest BCUT2D eigenvalue weighted by atomic mass is 10.0. The molecule has 0 aliphatic heterocycles. The average Bonchev–Trinajstić information content (AvgIpc) is 2.94. The van der Waals surface area contributed by atoms with Gasteiger partial charge in [0.1, 0.15) is 5.82 Å². The second kappa shape index (κ2) is 8.16. The van der Waals surface area contributed by atoms with E-state index < -0.39 is 17.3 Å². The van der Waals surface area contributed by atoms with E-state index in [1.54, 1.807) is 7.11 Å². The summed E-state index contributed by atoms with van der Waals surface area (Å²) in [6.45, 7) is 4.49. The summed E-state index contributed by atoms with van der Waals surface area (Å²) >= 11 is 5.74. The maximum atomic E-state index is 13.2. The van der Waals surface area contributed by atoms with Gasteiger partial charge in [-0.2, -0.15) is 18.3 Å². The first-order chi connectivity index (χ1) is 12.4. The van der Waals surface area contributed by atoms with Crippen molar-refractivity contribution >= 4 is 11.6 Å². The number of benzene rings is 1. The van der Waals surface area contributed by atoms with Crippen molar-refractivity contribution in [2.75, 3.05) is 27.7 Å². The van der Waals surface area contributed by atoms with E-state index in [9.17, 15) is 13.2 Å². The summed E-state index contributed by atoms with van der Waals surface area (Å²) in [5.41, 5.74) is -1.18. The molecule has 150 valence electrons. The van der Waals surface area contributed by atoms with Gasteiger partial charge >= 0.3 is 6.18 Å². The summed E-state index contributed by atoms with van der Waals surface area (Å²) in [5, 5.41) is 4.09. The van der Waals surface area contributed by atoms with Crippen LogP contribution in [0, 0.1) is 0 Å². The first-order valence-electron chi connectivity index (χ1n) is 8.45. The Hall–Kier alpha value is -1.64. The zero-order valence-corrected chi connectivity index (χ0v) is 16.8. The molecular formula is C18H24ClF3N4O. The van der Waals surface area contributed by atoms with Crippen molar-refractivity contribution in [3.63, 3.8) is 0 Å². The van der Waals surface area contributed by atoms with E-state index in [4.69, 9.17) is 16.3 Å². The van der Waals surface area contributed by atoms with E-state index in [0.717, 1.165) is 12.6 Å². The molecule has 0 fully saturated rings. The summed E-state index contributed by atoms with van der Waals surface area (Å²) in [6, 6.07) is 3.73. The van der Waals surface area contributed by atoms with Crippen LogP contribution in [-0.2, 0) is 23.8 Å². The zero-order valence-electron chi connectivity index (χ0n) is 16.1. The van der Waals surface area contributed by atoms with Crippen LogP contribution in [0.1, 0.15) is 31.1 Å². The highest BCUT2D eigenvalue weighted by atomic mass is 35.5. The van der Waals surface area contributed by atoms with E-state index in [2.05, 4.69) is 10.1 Å². The molecule has 0 unspecified atom stereocenters. The van der Waals surface area contributed by atoms with Gasteiger partial charge in [0, 0.05) is 26.5 Å². The third-order valence-electron chi connectivity index (χ3n) is 4.14. The fraction of sp³-hybridized carbons (Fsp3) is 0.556. The number of alkyl halides is 3. The molecule has 2 rings (SSSR count). The summed E-state index contributed by atoms with van der Waals surface area (Å²) < 4.78 is 46.6. The van der Waals surface area contributed by atoms with Crippen molar-refractivity contribution < 1.29 is 17.9 Å². The average molecular weight is 405 g/mol. The number of hydrogen-bond acceptors (Lipinski definition) is 4.